The van der Waals surface area contributed by atoms with Gasteiger partial charge in [-0.25, -0.2) is 0 Å². The van der Waals surface area contributed by atoms with Crippen molar-refractivity contribution >= 4 is 41.3 Å². The van der Waals surface area contributed by atoms with Gasteiger partial charge in [-0.2, -0.15) is 0 Å². The van der Waals surface area contributed by atoms with Gasteiger partial charge < -0.3 is 10.2 Å². The second-order valence-corrected chi connectivity index (χ2v) is 3.62. The highest BCUT2D eigenvalue weighted by Gasteiger charge is 2.11. The molecule has 0 unspecified atom stereocenters. The fourth-order valence-corrected chi connectivity index (χ4v) is 1.96. The summed E-state index contributed by atoms with van der Waals surface area (Å²) in [5.74, 6) is 0. The van der Waals surface area contributed by atoms with Crippen LogP contribution in [0.25, 0.3) is 0 Å². The van der Waals surface area contributed by atoms with Crippen molar-refractivity contribution in [2.45, 2.75) is 6.42 Å². The quantitative estimate of drug-likeness (QED) is 0.820. The van der Waals surface area contributed by atoms with E-state index in [9.17, 15) is 0 Å². The first-order valence-electron chi connectivity index (χ1n) is 4.18. The Morgan fingerprint density at radius 3 is 2.86 bits per heavy atom. The lowest BCUT2D eigenvalue weighted by atomic mass is 10.4. The van der Waals surface area contributed by atoms with E-state index >= 15 is 0 Å². The highest BCUT2D eigenvalue weighted by Crippen LogP contribution is 2.15. The number of anilines is 1. The second-order valence-electron chi connectivity index (χ2n) is 2.81. The Morgan fingerprint density at radius 1 is 1.29 bits per heavy atom. The van der Waals surface area contributed by atoms with E-state index in [2.05, 4.69) is 20.4 Å². The molecule has 14 heavy (non-hydrogen) atoms. The summed E-state index contributed by atoms with van der Waals surface area (Å²) < 4.78 is 0. The van der Waals surface area contributed by atoms with Crippen LogP contribution in [0.1, 0.15) is 6.42 Å². The molecule has 1 fully saturated rings. The van der Waals surface area contributed by atoms with Crippen LogP contribution < -0.4 is 10.2 Å². The van der Waals surface area contributed by atoms with E-state index in [1.807, 2.05) is 0 Å². The summed E-state index contributed by atoms with van der Waals surface area (Å²) in [6, 6.07) is 0. The molecule has 1 aliphatic rings. The Balaban J connectivity index is 0.000000845. The largest absolute Gasteiger partial charge is 0.345 e. The smallest absolute Gasteiger partial charge is 0.208 e. The molecule has 1 aromatic rings. The molecule has 82 valence electrons. The lowest BCUT2D eigenvalue weighted by Gasteiger charge is -2.17. The van der Waals surface area contributed by atoms with E-state index in [0.717, 1.165) is 31.3 Å². The Kier molecular flexibility index (Phi) is 7.17. The lowest BCUT2D eigenvalue weighted by molar-refractivity contribution is 0.724. The summed E-state index contributed by atoms with van der Waals surface area (Å²) in [6.45, 7) is 4.33. The van der Waals surface area contributed by atoms with Crippen LogP contribution in [0.15, 0.2) is 5.51 Å². The van der Waals surface area contributed by atoms with Crippen molar-refractivity contribution in [3.8, 4) is 0 Å². The van der Waals surface area contributed by atoms with Crippen LogP contribution in [0.5, 0.6) is 0 Å². The third-order valence-corrected chi connectivity index (χ3v) is 2.71. The van der Waals surface area contributed by atoms with Gasteiger partial charge in [0.1, 0.15) is 5.51 Å². The Morgan fingerprint density at radius 2 is 2.14 bits per heavy atom. The molecule has 2 heterocycles. The number of rotatable bonds is 1. The zero-order valence-electron chi connectivity index (χ0n) is 7.68. The van der Waals surface area contributed by atoms with Crippen molar-refractivity contribution in [1.82, 2.24) is 15.5 Å². The van der Waals surface area contributed by atoms with Gasteiger partial charge in [0.05, 0.1) is 0 Å². The summed E-state index contributed by atoms with van der Waals surface area (Å²) in [7, 11) is 0. The minimum atomic E-state index is 0. The van der Waals surface area contributed by atoms with E-state index in [1.54, 1.807) is 16.8 Å². The van der Waals surface area contributed by atoms with Crippen LogP contribution in [-0.4, -0.2) is 36.4 Å². The van der Waals surface area contributed by atoms with Gasteiger partial charge in [0.2, 0.25) is 5.13 Å². The highest BCUT2D eigenvalue weighted by molar-refractivity contribution is 7.13. The van der Waals surface area contributed by atoms with E-state index in [-0.39, 0.29) is 24.8 Å². The number of halogens is 2. The summed E-state index contributed by atoms with van der Waals surface area (Å²) in [5.41, 5.74) is 1.79. The molecule has 7 heteroatoms. The van der Waals surface area contributed by atoms with Crippen molar-refractivity contribution in [3.63, 3.8) is 0 Å². The van der Waals surface area contributed by atoms with Crippen molar-refractivity contribution in [3.05, 3.63) is 5.51 Å². The molecule has 4 nitrogen and oxygen atoms in total. The molecule has 0 radical (unpaired) electrons. The van der Waals surface area contributed by atoms with Gasteiger partial charge in [-0.1, -0.05) is 11.3 Å². The third kappa shape index (κ3) is 3.57. The van der Waals surface area contributed by atoms with Crippen molar-refractivity contribution in [2.24, 2.45) is 0 Å². The SMILES string of the molecule is Cl.Cl.c1nnc(N2CCCNCC2)s1. The van der Waals surface area contributed by atoms with Crippen LogP contribution >= 0.6 is 36.2 Å². The first-order chi connectivity index (χ1) is 5.97. The fourth-order valence-electron chi connectivity index (χ4n) is 1.34. The monoisotopic (exact) mass is 256 g/mol. The Labute approximate surface area is 99.9 Å². The van der Waals surface area contributed by atoms with Gasteiger partial charge in [-0.15, -0.1) is 35.0 Å². The topological polar surface area (TPSA) is 41.1 Å². The summed E-state index contributed by atoms with van der Waals surface area (Å²) in [6.07, 6.45) is 1.19. The predicted octanol–water partition coefficient (Wildman–Crippen LogP) is 1.18. The average Bonchev–Trinajstić information content (AvgIpc) is 2.48. The molecule has 0 bridgehead atoms. The molecule has 2 rings (SSSR count). The van der Waals surface area contributed by atoms with Crippen molar-refractivity contribution < 1.29 is 0 Å². The molecular formula is C7H14Cl2N4S. The number of hydrogen-bond acceptors (Lipinski definition) is 5. The first-order valence-corrected chi connectivity index (χ1v) is 5.06. The zero-order valence-corrected chi connectivity index (χ0v) is 10.1. The zero-order chi connectivity index (χ0) is 8.23. The normalized spacial score (nSPS) is 16.4. The standard InChI is InChI=1S/C7H12N4S.2ClH/c1-2-8-3-5-11(4-1)7-10-9-6-12-7;;/h6,8H,1-5H2;2*1H. The number of nitrogens with one attached hydrogen (secondary N) is 1. The molecule has 0 aliphatic carbocycles. The molecule has 0 atom stereocenters. The highest BCUT2D eigenvalue weighted by atomic mass is 35.5. The minimum Gasteiger partial charge on any atom is -0.345 e. The number of nitrogens with zero attached hydrogens (tertiary/aromatic N) is 3. The summed E-state index contributed by atoms with van der Waals surface area (Å²) >= 11 is 1.61. The van der Waals surface area contributed by atoms with Crippen molar-refractivity contribution in [2.75, 3.05) is 31.1 Å². The third-order valence-electron chi connectivity index (χ3n) is 1.96. The maximum atomic E-state index is 4.05. The average molecular weight is 257 g/mol. The Bertz CT molecular complexity index is 224. The van der Waals surface area contributed by atoms with Crippen LogP contribution in [0, 0.1) is 0 Å². The second kappa shape index (κ2) is 7.23. The van der Waals surface area contributed by atoms with Gasteiger partial charge in [0.25, 0.3) is 0 Å². The molecular weight excluding hydrogens is 243 g/mol. The summed E-state index contributed by atoms with van der Waals surface area (Å²) in [5, 5.41) is 12.3. The maximum absolute atomic E-state index is 4.05. The fraction of sp³-hybridized carbons (Fsp3) is 0.714. The lowest BCUT2D eigenvalue weighted by Crippen LogP contribution is -2.27. The molecule has 0 spiro atoms. The van der Waals surface area contributed by atoms with E-state index in [1.165, 1.54) is 6.42 Å². The van der Waals surface area contributed by atoms with Crippen LogP contribution in [0.2, 0.25) is 0 Å². The van der Waals surface area contributed by atoms with Crippen molar-refractivity contribution in [1.29, 1.82) is 0 Å². The van der Waals surface area contributed by atoms with E-state index < -0.39 is 0 Å². The van der Waals surface area contributed by atoms with Gasteiger partial charge in [-0.05, 0) is 13.0 Å². The molecule has 0 saturated carbocycles. The van der Waals surface area contributed by atoms with Crippen LogP contribution in [0.4, 0.5) is 5.13 Å². The van der Waals surface area contributed by atoms with E-state index in [4.69, 9.17) is 0 Å². The molecule has 1 aliphatic heterocycles. The molecule has 1 N–H and O–H groups in total. The van der Waals surface area contributed by atoms with Crippen LogP contribution in [0.3, 0.4) is 0 Å². The van der Waals surface area contributed by atoms with Crippen LogP contribution in [-0.2, 0) is 0 Å². The minimum absolute atomic E-state index is 0. The first kappa shape index (κ1) is 13.9. The molecule has 1 saturated heterocycles. The molecule has 0 amide bonds. The van der Waals surface area contributed by atoms with Gasteiger partial charge >= 0.3 is 0 Å². The number of aromatic nitrogens is 2. The molecule has 0 aromatic carbocycles. The Hall–Kier alpha value is -0.100. The van der Waals surface area contributed by atoms with Gasteiger partial charge in [-0.3, -0.25) is 0 Å². The van der Waals surface area contributed by atoms with E-state index in [0.29, 0.717) is 0 Å². The summed E-state index contributed by atoms with van der Waals surface area (Å²) in [4.78, 5) is 2.29. The molecule has 1 aromatic heterocycles. The van der Waals surface area contributed by atoms with Gasteiger partial charge in [0, 0.05) is 19.6 Å². The predicted molar refractivity (Wildman–Crippen MR) is 64.1 cm³/mol. The van der Waals surface area contributed by atoms with Gasteiger partial charge in [0.15, 0.2) is 0 Å². The maximum Gasteiger partial charge on any atom is 0.208 e. The number of hydrogen-bond donors (Lipinski definition) is 1.